The molecule has 128 valence electrons. The molecule has 3 rings (SSSR count). The zero-order valence-corrected chi connectivity index (χ0v) is 13.8. The first-order valence-electron chi connectivity index (χ1n) is 7.61. The lowest BCUT2D eigenvalue weighted by Crippen LogP contribution is -2.06. The SMILES string of the molecule is Cc1ccc(Nc2ncnc(Nc3ccc(F)cc3F)c2N)c(C)c1. The molecule has 0 aliphatic carbocycles. The maximum atomic E-state index is 13.8. The topological polar surface area (TPSA) is 75.9 Å². The van der Waals surface area contributed by atoms with E-state index in [2.05, 4.69) is 20.6 Å². The summed E-state index contributed by atoms with van der Waals surface area (Å²) in [7, 11) is 0. The normalized spacial score (nSPS) is 10.6. The minimum absolute atomic E-state index is 0.0734. The average molecular weight is 341 g/mol. The van der Waals surface area contributed by atoms with Gasteiger partial charge in [-0.05, 0) is 37.6 Å². The number of nitrogens with zero attached hydrogens (tertiary/aromatic N) is 2. The van der Waals surface area contributed by atoms with Crippen LogP contribution in [-0.4, -0.2) is 9.97 Å². The maximum absolute atomic E-state index is 13.8. The van der Waals surface area contributed by atoms with Crippen LogP contribution in [0, 0.1) is 25.5 Å². The third kappa shape index (κ3) is 3.65. The minimum Gasteiger partial charge on any atom is -0.393 e. The molecule has 25 heavy (non-hydrogen) atoms. The van der Waals surface area contributed by atoms with Crippen molar-refractivity contribution in [1.29, 1.82) is 0 Å². The van der Waals surface area contributed by atoms with Crippen LogP contribution in [0.3, 0.4) is 0 Å². The number of benzene rings is 2. The van der Waals surface area contributed by atoms with Gasteiger partial charge in [0.15, 0.2) is 11.6 Å². The van der Waals surface area contributed by atoms with Gasteiger partial charge in [-0.2, -0.15) is 0 Å². The van der Waals surface area contributed by atoms with E-state index >= 15 is 0 Å². The molecule has 1 aromatic heterocycles. The molecular formula is C18H17F2N5. The summed E-state index contributed by atoms with van der Waals surface area (Å²) >= 11 is 0. The first-order valence-corrected chi connectivity index (χ1v) is 7.61. The van der Waals surface area contributed by atoms with Crippen molar-refractivity contribution in [2.24, 2.45) is 0 Å². The molecule has 0 amide bonds. The first-order chi connectivity index (χ1) is 11.9. The van der Waals surface area contributed by atoms with Gasteiger partial charge in [0.1, 0.15) is 23.6 Å². The van der Waals surface area contributed by atoms with Gasteiger partial charge in [0.25, 0.3) is 0 Å². The molecule has 0 atom stereocenters. The molecule has 0 aliphatic heterocycles. The molecule has 0 fully saturated rings. The molecule has 7 heteroatoms. The van der Waals surface area contributed by atoms with Gasteiger partial charge in [-0.1, -0.05) is 17.7 Å². The molecule has 0 radical (unpaired) electrons. The number of hydrogen-bond donors (Lipinski definition) is 3. The molecule has 0 saturated heterocycles. The van der Waals surface area contributed by atoms with E-state index in [1.54, 1.807) is 0 Å². The summed E-state index contributed by atoms with van der Waals surface area (Å²) in [6, 6.07) is 9.15. The average Bonchev–Trinajstić information content (AvgIpc) is 2.56. The highest BCUT2D eigenvalue weighted by Crippen LogP contribution is 2.30. The van der Waals surface area contributed by atoms with Gasteiger partial charge in [-0.15, -0.1) is 0 Å². The van der Waals surface area contributed by atoms with Gasteiger partial charge in [-0.25, -0.2) is 18.7 Å². The fraction of sp³-hybridized carbons (Fsp3) is 0.111. The van der Waals surface area contributed by atoms with Gasteiger partial charge < -0.3 is 16.4 Å². The van der Waals surface area contributed by atoms with Gasteiger partial charge >= 0.3 is 0 Å². The Morgan fingerprint density at radius 1 is 0.880 bits per heavy atom. The molecule has 0 bridgehead atoms. The molecule has 1 heterocycles. The van der Waals surface area contributed by atoms with Crippen LogP contribution in [0.1, 0.15) is 11.1 Å². The minimum atomic E-state index is -0.734. The summed E-state index contributed by atoms with van der Waals surface area (Å²) in [5.74, 6) is -0.766. The van der Waals surface area contributed by atoms with E-state index in [0.717, 1.165) is 28.9 Å². The van der Waals surface area contributed by atoms with Gasteiger partial charge in [0.05, 0.1) is 5.69 Å². The molecule has 3 aromatic rings. The van der Waals surface area contributed by atoms with Crippen molar-refractivity contribution in [2.75, 3.05) is 16.4 Å². The Morgan fingerprint density at radius 3 is 2.16 bits per heavy atom. The standard InChI is InChI=1S/C18H17F2N5/c1-10-3-5-14(11(2)7-10)24-17-16(21)18(23-9-22-17)25-15-6-4-12(19)8-13(15)20/h3-9H,21H2,1-2H3,(H2,22,23,24,25). The number of nitrogens with one attached hydrogen (secondary N) is 2. The van der Waals surface area contributed by atoms with E-state index in [4.69, 9.17) is 5.73 Å². The Kier molecular flexibility index (Phi) is 4.47. The van der Waals surface area contributed by atoms with Gasteiger partial charge in [0, 0.05) is 11.8 Å². The third-order valence-corrected chi connectivity index (χ3v) is 3.70. The van der Waals surface area contributed by atoms with E-state index in [1.165, 1.54) is 12.4 Å². The number of aryl methyl sites for hydroxylation is 2. The summed E-state index contributed by atoms with van der Waals surface area (Å²) < 4.78 is 26.8. The Hall–Kier alpha value is -3.22. The van der Waals surface area contributed by atoms with Crippen molar-refractivity contribution in [3.8, 4) is 0 Å². The molecule has 0 aliphatic rings. The highest BCUT2D eigenvalue weighted by atomic mass is 19.1. The molecule has 0 unspecified atom stereocenters. The van der Waals surface area contributed by atoms with Gasteiger partial charge in [-0.3, -0.25) is 0 Å². The van der Waals surface area contributed by atoms with Crippen LogP contribution in [0.2, 0.25) is 0 Å². The predicted molar refractivity (Wildman–Crippen MR) is 95.3 cm³/mol. The van der Waals surface area contributed by atoms with Crippen LogP contribution in [0.25, 0.3) is 0 Å². The van der Waals surface area contributed by atoms with Crippen LogP contribution < -0.4 is 16.4 Å². The number of aromatic nitrogens is 2. The Morgan fingerprint density at radius 2 is 1.52 bits per heavy atom. The number of anilines is 5. The van der Waals surface area contributed by atoms with E-state index in [9.17, 15) is 8.78 Å². The number of nitrogen functional groups attached to an aromatic ring is 1. The Labute approximate surface area is 143 Å². The van der Waals surface area contributed by atoms with E-state index in [0.29, 0.717) is 5.82 Å². The Balaban J connectivity index is 1.89. The second-order valence-corrected chi connectivity index (χ2v) is 5.68. The lowest BCUT2D eigenvalue weighted by atomic mass is 10.1. The van der Waals surface area contributed by atoms with Gasteiger partial charge in [0.2, 0.25) is 0 Å². The van der Waals surface area contributed by atoms with Crippen LogP contribution in [0.4, 0.5) is 37.5 Å². The summed E-state index contributed by atoms with van der Waals surface area (Å²) in [6.45, 7) is 3.98. The van der Waals surface area contributed by atoms with Crippen molar-refractivity contribution in [2.45, 2.75) is 13.8 Å². The zero-order valence-electron chi connectivity index (χ0n) is 13.8. The zero-order chi connectivity index (χ0) is 18.0. The van der Waals surface area contributed by atoms with Crippen LogP contribution in [0.5, 0.6) is 0 Å². The molecule has 5 nitrogen and oxygen atoms in total. The molecule has 2 aromatic carbocycles. The highest BCUT2D eigenvalue weighted by Gasteiger charge is 2.12. The summed E-state index contributed by atoms with van der Waals surface area (Å²) in [6.07, 6.45) is 1.31. The van der Waals surface area contributed by atoms with Crippen LogP contribution >= 0.6 is 0 Å². The second-order valence-electron chi connectivity index (χ2n) is 5.68. The number of hydrogen-bond acceptors (Lipinski definition) is 5. The van der Waals surface area contributed by atoms with E-state index in [1.807, 2.05) is 32.0 Å². The third-order valence-electron chi connectivity index (χ3n) is 3.70. The van der Waals surface area contributed by atoms with E-state index < -0.39 is 11.6 Å². The lowest BCUT2D eigenvalue weighted by molar-refractivity contribution is 0.586. The monoisotopic (exact) mass is 341 g/mol. The number of rotatable bonds is 4. The number of halogens is 2. The smallest absolute Gasteiger partial charge is 0.159 e. The molecule has 0 spiro atoms. The fourth-order valence-corrected chi connectivity index (χ4v) is 2.39. The van der Waals surface area contributed by atoms with Crippen molar-refractivity contribution >= 4 is 28.7 Å². The summed E-state index contributed by atoms with van der Waals surface area (Å²) in [4.78, 5) is 8.16. The van der Waals surface area contributed by atoms with Crippen LogP contribution in [0.15, 0.2) is 42.7 Å². The molecule has 0 saturated carbocycles. The second kappa shape index (κ2) is 6.72. The molecular weight excluding hydrogens is 324 g/mol. The summed E-state index contributed by atoms with van der Waals surface area (Å²) in [5, 5.41) is 5.91. The highest BCUT2D eigenvalue weighted by molar-refractivity contribution is 5.80. The Bertz CT molecular complexity index is 856. The van der Waals surface area contributed by atoms with E-state index in [-0.39, 0.29) is 17.2 Å². The van der Waals surface area contributed by atoms with Crippen molar-refractivity contribution in [1.82, 2.24) is 9.97 Å². The summed E-state index contributed by atoms with van der Waals surface area (Å²) in [5.41, 5.74) is 9.44. The molecule has 4 N–H and O–H groups in total. The number of nitrogens with two attached hydrogens (primary N) is 1. The van der Waals surface area contributed by atoms with Crippen LogP contribution in [-0.2, 0) is 0 Å². The largest absolute Gasteiger partial charge is 0.393 e. The fourth-order valence-electron chi connectivity index (χ4n) is 2.39. The van der Waals surface area contributed by atoms with Crippen molar-refractivity contribution in [3.05, 3.63) is 65.5 Å². The van der Waals surface area contributed by atoms with Crippen molar-refractivity contribution in [3.63, 3.8) is 0 Å². The quantitative estimate of drug-likeness (QED) is 0.654. The maximum Gasteiger partial charge on any atom is 0.159 e. The lowest BCUT2D eigenvalue weighted by Gasteiger charge is -2.14. The van der Waals surface area contributed by atoms with Crippen molar-refractivity contribution < 1.29 is 8.78 Å². The predicted octanol–water partition coefficient (Wildman–Crippen LogP) is 4.44. The first kappa shape index (κ1) is 16.6.